The minimum Gasteiger partial charge on any atom is -0.491 e. The number of aryl methyl sites for hydroxylation is 1. The van der Waals surface area contributed by atoms with E-state index in [1.807, 2.05) is 122 Å². The van der Waals surface area contributed by atoms with Crippen LogP contribution in [0.25, 0.3) is 0 Å². The molecular weight excluding hydrogens is 504 g/mol. The first-order valence-electron chi connectivity index (χ1n) is 13.7. The summed E-state index contributed by atoms with van der Waals surface area (Å²) in [5, 5.41) is 11.2. The Morgan fingerprint density at radius 1 is 0.575 bits per heavy atom. The van der Waals surface area contributed by atoms with E-state index in [-0.39, 0.29) is 6.61 Å². The second-order valence-electron chi connectivity index (χ2n) is 9.97. The lowest BCUT2D eigenvalue weighted by Gasteiger charge is -2.44. The molecule has 1 fully saturated rings. The Morgan fingerprint density at radius 3 is 1.52 bits per heavy atom. The molecule has 0 bridgehead atoms. The fraction of sp³-hybridized carbons (Fsp3) is 0.294. The molecule has 1 heterocycles. The van der Waals surface area contributed by atoms with Crippen LogP contribution in [0.15, 0.2) is 115 Å². The molecule has 0 radical (unpaired) electrons. The van der Waals surface area contributed by atoms with Gasteiger partial charge in [-0.25, -0.2) is 0 Å². The minimum absolute atomic E-state index is 0.177. The Balaban J connectivity index is 1.38. The maximum absolute atomic E-state index is 11.2. The summed E-state index contributed by atoms with van der Waals surface area (Å²) in [4.78, 5) is 0. The molecule has 0 aromatic heterocycles. The lowest BCUT2D eigenvalue weighted by atomic mass is 9.98. The van der Waals surface area contributed by atoms with Gasteiger partial charge in [0, 0.05) is 0 Å². The van der Waals surface area contributed by atoms with Gasteiger partial charge in [0.1, 0.15) is 36.8 Å². The Morgan fingerprint density at radius 2 is 1.02 bits per heavy atom. The van der Waals surface area contributed by atoms with E-state index >= 15 is 0 Å². The van der Waals surface area contributed by atoms with E-state index in [4.69, 9.17) is 23.7 Å². The van der Waals surface area contributed by atoms with Crippen LogP contribution in [0.1, 0.15) is 22.3 Å². The molecule has 5 atom stereocenters. The Labute approximate surface area is 236 Å². The van der Waals surface area contributed by atoms with E-state index in [2.05, 4.69) is 0 Å². The van der Waals surface area contributed by atoms with Crippen LogP contribution in [-0.4, -0.2) is 42.4 Å². The molecule has 1 aliphatic rings. The molecule has 1 saturated heterocycles. The van der Waals surface area contributed by atoms with Gasteiger partial charge in [-0.1, -0.05) is 109 Å². The zero-order chi connectivity index (χ0) is 27.6. The molecular formula is C34H36O6. The molecule has 0 amide bonds. The first-order chi connectivity index (χ1) is 19.7. The Kier molecular flexibility index (Phi) is 9.96. The fourth-order valence-corrected chi connectivity index (χ4v) is 4.71. The van der Waals surface area contributed by atoms with Gasteiger partial charge in [0.15, 0.2) is 6.29 Å². The summed E-state index contributed by atoms with van der Waals surface area (Å²) in [6.45, 7) is 3.19. The molecule has 1 aliphatic heterocycles. The average molecular weight is 541 g/mol. The van der Waals surface area contributed by atoms with Crippen molar-refractivity contribution in [2.45, 2.75) is 57.5 Å². The van der Waals surface area contributed by atoms with Crippen molar-refractivity contribution in [2.75, 3.05) is 6.61 Å². The zero-order valence-electron chi connectivity index (χ0n) is 22.7. The summed E-state index contributed by atoms with van der Waals surface area (Å²) in [7, 11) is 0. The van der Waals surface area contributed by atoms with Crippen molar-refractivity contribution in [3.63, 3.8) is 0 Å². The molecule has 6 nitrogen and oxygen atoms in total. The third-order valence-corrected chi connectivity index (χ3v) is 6.90. The summed E-state index contributed by atoms with van der Waals surface area (Å²) in [6, 6.07) is 37.6. The standard InChI is InChI=1S/C34H36O6/c1-25-17-19-29(20-18-25)36-24-30-31(37-21-26-11-5-2-6-12-26)32(38-22-27-13-7-3-8-14-27)33(34(35)40-30)39-23-28-15-9-4-10-16-28/h2-20,30-35H,21-24H2,1H3/t30-,31-,32+,33-,34+/m1/s1. The highest BCUT2D eigenvalue weighted by atomic mass is 16.7. The van der Waals surface area contributed by atoms with Gasteiger partial charge >= 0.3 is 0 Å². The summed E-state index contributed by atoms with van der Waals surface area (Å²) < 4.78 is 31.5. The monoisotopic (exact) mass is 540 g/mol. The van der Waals surface area contributed by atoms with Gasteiger partial charge in [-0.3, -0.25) is 0 Å². The van der Waals surface area contributed by atoms with Crippen LogP contribution in [-0.2, 0) is 38.8 Å². The first kappa shape index (κ1) is 28.0. The van der Waals surface area contributed by atoms with Gasteiger partial charge in [0.2, 0.25) is 0 Å². The van der Waals surface area contributed by atoms with Crippen molar-refractivity contribution in [3.8, 4) is 5.75 Å². The maximum atomic E-state index is 11.2. The lowest BCUT2D eigenvalue weighted by Crippen LogP contribution is -2.61. The molecule has 5 rings (SSSR count). The van der Waals surface area contributed by atoms with Gasteiger partial charge in [-0.05, 0) is 35.7 Å². The largest absolute Gasteiger partial charge is 0.491 e. The van der Waals surface area contributed by atoms with Gasteiger partial charge in [0.05, 0.1) is 19.8 Å². The molecule has 4 aromatic carbocycles. The van der Waals surface area contributed by atoms with Gasteiger partial charge in [-0.15, -0.1) is 0 Å². The van der Waals surface area contributed by atoms with E-state index in [9.17, 15) is 5.11 Å². The van der Waals surface area contributed by atoms with Crippen molar-refractivity contribution < 1.29 is 28.8 Å². The molecule has 0 saturated carbocycles. The van der Waals surface area contributed by atoms with Crippen molar-refractivity contribution in [1.82, 2.24) is 0 Å². The summed E-state index contributed by atoms with van der Waals surface area (Å²) in [6.07, 6.45) is -3.80. The number of hydrogen-bond donors (Lipinski definition) is 1. The zero-order valence-corrected chi connectivity index (χ0v) is 22.7. The number of benzene rings is 4. The van der Waals surface area contributed by atoms with Crippen LogP contribution >= 0.6 is 0 Å². The van der Waals surface area contributed by atoms with Crippen molar-refractivity contribution in [3.05, 3.63) is 138 Å². The van der Waals surface area contributed by atoms with Crippen LogP contribution in [0.4, 0.5) is 0 Å². The Hall–Kier alpha value is -3.52. The van der Waals surface area contributed by atoms with E-state index < -0.39 is 30.7 Å². The lowest BCUT2D eigenvalue weighted by molar-refractivity contribution is -0.314. The average Bonchev–Trinajstić information content (AvgIpc) is 3.00. The quantitative estimate of drug-likeness (QED) is 0.243. The molecule has 6 heteroatoms. The normalized spacial score (nSPS) is 22.6. The molecule has 208 valence electrons. The SMILES string of the molecule is Cc1ccc(OC[C@H]2O[C@H](O)[C@H](OCc3ccccc3)[C@@H](OCc3ccccc3)[C@@H]2OCc2ccccc2)cc1. The molecule has 0 unspecified atom stereocenters. The highest BCUT2D eigenvalue weighted by Crippen LogP contribution is 2.30. The highest BCUT2D eigenvalue weighted by molar-refractivity contribution is 5.26. The highest BCUT2D eigenvalue weighted by Gasteiger charge is 2.48. The number of ether oxygens (including phenoxy) is 5. The maximum Gasteiger partial charge on any atom is 0.184 e. The second kappa shape index (κ2) is 14.2. The molecule has 40 heavy (non-hydrogen) atoms. The number of rotatable bonds is 12. The van der Waals surface area contributed by atoms with Crippen LogP contribution in [0.5, 0.6) is 5.75 Å². The predicted octanol–water partition coefficient (Wildman–Crippen LogP) is 5.85. The first-order valence-corrected chi connectivity index (χ1v) is 13.7. The van der Waals surface area contributed by atoms with Crippen molar-refractivity contribution in [1.29, 1.82) is 0 Å². The van der Waals surface area contributed by atoms with Crippen molar-refractivity contribution >= 4 is 0 Å². The van der Waals surface area contributed by atoms with E-state index in [0.29, 0.717) is 19.8 Å². The smallest absolute Gasteiger partial charge is 0.184 e. The summed E-state index contributed by atoms with van der Waals surface area (Å²) in [5.74, 6) is 0.717. The summed E-state index contributed by atoms with van der Waals surface area (Å²) >= 11 is 0. The second-order valence-corrected chi connectivity index (χ2v) is 9.97. The molecule has 1 N–H and O–H groups in total. The van der Waals surface area contributed by atoms with Crippen LogP contribution in [0.3, 0.4) is 0 Å². The third kappa shape index (κ3) is 7.78. The van der Waals surface area contributed by atoms with Gasteiger partial charge in [0.25, 0.3) is 0 Å². The Bertz CT molecular complexity index is 1270. The molecule has 0 aliphatic carbocycles. The topological polar surface area (TPSA) is 66.4 Å². The minimum atomic E-state index is -1.23. The van der Waals surface area contributed by atoms with Gasteiger partial charge < -0.3 is 28.8 Å². The number of aliphatic hydroxyl groups excluding tert-OH is 1. The fourth-order valence-electron chi connectivity index (χ4n) is 4.71. The van der Waals surface area contributed by atoms with E-state index in [1.54, 1.807) is 0 Å². The van der Waals surface area contributed by atoms with Crippen LogP contribution < -0.4 is 4.74 Å². The predicted molar refractivity (Wildman–Crippen MR) is 153 cm³/mol. The van der Waals surface area contributed by atoms with Crippen LogP contribution in [0.2, 0.25) is 0 Å². The van der Waals surface area contributed by atoms with Gasteiger partial charge in [-0.2, -0.15) is 0 Å². The molecule has 4 aromatic rings. The number of aliphatic hydroxyl groups is 1. The van der Waals surface area contributed by atoms with E-state index in [0.717, 1.165) is 28.0 Å². The van der Waals surface area contributed by atoms with Crippen molar-refractivity contribution in [2.24, 2.45) is 0 Å². The number of hydrogen-bond acceptors (Lipinski definition) is 6. The third-order valence-electron chi connectivity index (χ3n) is 6.90. The van der Waals surface area contributed by atoms with Crippen LogP contribution in [0, 0.1) is 6.92 Å². The summed E-state index contributed by atoms with van der Waals surface area (Å²) in [5.41, 5.74) is 4.17. The molecule has 0 spiro atoms. The van der Waals surface area contributed by atoms with E-state index in [1.165, 1.54) is 0 Å².